The number of carbonyl (C=O) groups is 1. The van der Waals surface area contributed by atoms with Crippen LogP contribution >= 0.6 is 0 Å². The van der Waals surface area contributed by atoms with Crippen LogP contribution in [-0.4, -0.2) is 36.8 Å². The van der Waals surface area contributed by atoms with Crippen molar-refractivity contribution in [2.24, 2.45) is 0 Å². The van der Waals surface area contributed by atoms with Crippen LogP contribution in [0.5, 0.6) is 0 Å². The Morgan fingerprint density at radius 1 is 1.59 bits per heavy atom. The average Bonchev–Trinajstić information content (AvgIpc) is 2.39. The number of nitrogens with one attached hydrogen (secondary N) is 1. The third kappa shape index (κ3) is 2.28. The van der Waals surface area contributed by atoms with Gasteiger partial charge in [0.15, 0.2) is 0 Å². The molecule has 1 aromatic carbocycles. The first kappa shape index (κ1) is 11.6. The van der Waals surface area contributed by atoms with E-state index in [0.29, 0.717) is 24.3 Å². The van der Waals surface area contributed by atoms with Gasteiger partial charge in [-0.2, -0.15) is 5.26 Å². The van der Waals surface area contributed by atoms with Crippen molar-refractivity contribution >= 4 is 11.6 Å². The van der Waals surface area contributed by atoms with Gasteiger partial charge in [0.05, 0.1) is 18.2 Å². The van der Waals surface area contributed by atoms with E-state index in [2.05, 4.69) is 5.32 Å². The second-order valence-electron chi connectivity index (χ2n) is 3.84. The second kappa shape index (κ2) is 4.95. The minimum Gasteiger partial charge on any atom is -0.394 e. The Morgan fingerprint density at radius 3 is 3.12 bits per heavy atom. The number of carbonyl (C=O) groups excluding carboxylic acids is 1. The number of benzene rings is 1. The summed E-state index contributed by atoms with van der Waals surface area (Å²) in [4.78, 5) is 13.6. The van der Waals surface area contributed by atoms with Gasteiger partial charge < -0.3 is 15.3 Å². The second-order valence-corrected chi connectivity index (χ2v) is 3.84. The van der Waals surface area contributed by atoms with Gasteiger partial charge in [0.25, 0.3) is 0 Å². The molecule has 1 saturated heterocycles. The summed E-state index contributed by atoms with van der Waals surface area (Å²) in [6.07, 6.45) is 0. The van der Waals surface area contributed by atoms with Crippen LogP contribution in [0, 0.1) is 11.3 Å². The monoisotopic (exact) mass is 231 g/mol. The van der Waals surface area contributed by atoms with Gasteiger partial charge in [-0.15, -0.1) is 0 Å². The van der Waals surface area contributed by atoms with Crippen molar-refractivity contribution in [2.45, 2.75) is 6.04 Å². The summed E-state index contributed by atoms with van der Waals surface area (Å²) in [5.74, 6) is -0.158. The van der Waals surface area contributed by atoms with E-state index >= 15 is 0 Å². The van der Waals surface area contributed by atoms with Gasteiger partial charge in [-0.05, 0) is 18.2 Å². The Hall–Kier alpha value is -1.90. The van der Waals surface area contributed by atoms with Gasteiger partial charge in [-0.3, -0.25) is 4.79 Å². The van der Waals surface area contributed by atoms with Gasteiger partial charge in [-0.1, -0.05) is 6.07 Å². The molecule has 0 radical (unpaired) electrons. The summed E-state index contributed by atoms with van der Waals surface area (Å²) in [7, 11) is 0. The predicted octanol–water partition coefficient (Wildman–Crippen LogP) is -0.145. The molecule has 0 aromatic heterocycles. The third-order valence-electron chi connectivity index (χ3n) is 2.76. The fourth-order valence-corrected chi connectivity index (χ4v) is 1.88. The first-order chi connectivity index (χ1) is 8.26. The molecular weight excluding hydrogens is 218 g/mol. The van der Waals surface area contributed by atoms with Crippen molar-refractivity contribution < 1.29 is 9.90 Å². The molecule has 17 heavy (non-hydrogen) atoms. The van der Waals surface area contributed by atoms with E-state index in [-0.39, 0.29) is 12.5 Å². The van der Waals surface area contributed by atoms with Crippen LogP contribution in [0.15, 0.2) is 24.3 Å². The molecule has 88 valence electrons. The van der Waals surface area contributed by atoms with Gasteiger partial charge >= 0.3 is 0 Å². The number of aliphatic hydroxyl groups is 1. The van der Waals surface area contributed by atoms with E-state index in [1.807, 2.05) is 6.07 Å². The Labute approximate surface area is 99.3 Å². The summed E-state index contributed by atoms with van der Waals surface area (Å²) >= 11 is 0. The topological polar surface area (TPSA) is 76.4 Å². The Morgan fingerprint density at radius 2 is 2.41 bits per heavy atom. The highest BCUT2D eigenvalue weighted by Gasteiger charge is 2.28. The number of rotatable bonds is 2. The number of anilines is 1. The van der Waals surface area contributed by atoms with Crippen molar-refractivity contribution in [1.82, 2.24) is 5.32 Å². The van der Waals surface area contributed by atoms with Gasteiger partial charge in [-0.25, -0.2) is 0 Å². The molecule has 5 heteroatoms. The van der Waals surface area contributed by atoms with Crippen molar-refractivity contribution in [3.8, 4) is 6.07 Å². The Kier molecular flexibility index (Phi) is 3.38. The summed E-state index contributed by atoms with van der Waals surface area (Å²) in [5, 5.41) is 20.8. The summed E-state index contributed by atoms with van der Waals surface area (Å²) < 4.78 is 0. The number of nitrogens with zero attached hydrogens (tertiary/aromatic N) is 2. The highest BCUT2D eigenvalue weighted by Crippen LogP contribution is 2.18. The Bertz CT molecular complexity index is 467. The van der Waals surface area contributed by atoms with Crippen molar-refractivity contribution in [1.29, 1.82) is 5.26 Å². The van der Waals surface area contributed by atoms with Gasteiger partial charge in [0, 0.05) is 18.8 Å². The standard InChI is InChI=1S/C12H13N3O2/c13-7-9-2-1-3-10(6-9)15-5-4-14-11(8-16)12(15)17/h1-3,6,11,14,16H,4-5,8H2. The number of hydrogen-bond donors (Lipinski definition) is 2. The molecule has 1 amide bonds. The van der Waals surface area contributed by atoms with Crippen LogP contribution in [0.4, 0.5) is 5.69 Å². The van der Waals surface area contributed by atoms with E-state index in [0.717, 1.165) is 0 Å². The molecule has 1 fully saturated rings. The molecular formula is C12H13N3O2. The lowest BCUT2D eigenvalue weighted by atomic mass is 10.1. The molecule has 2 rings (SSSR count). The van der Waals surface area contributed by atoms with E-state index in [4.69, 9.17) is 10.4 Å². The van der Waals surface area contributed by atoms with E-state index < -0.39 is 6.04 Å². The molecule has 0 aliphatic carbocycles. The summed E-state index contributed by atoms with van der Waals surface area (Å²) in [5.41, 5.74) is 1.23. The zero-order valence-electron chi connectivity index (χ0n) is 9.26. The molecule has 0 bridgehead atoms. The molecule has 1 unspecified atom stereocenters. The van der Waals surface area contributed by atoms with E-state index in [1.165, 1.54) is 0 Å². The zero-order chi connectivity index (χ0) is 12.3. The lowest BCUT2D eigenvalue weighted by molar-refractivity contribution is -0.122. The zero-order valence-corrected chi connectivity index (χ0v) is 9.26. The summed E-state index contributed by atoms with van der Waals surface area (Å²) in [6.45, 7) is 0.964. The minimum atomic E-state index is -0.547. The maximum Gasteiger partial charge on any atom is 0.246 e. The molecule has 1 atom stereocenters. The first-order valence-electron chi connectivity index (χ1n) is 5.42. The highest BCUT2D eigenvalue weighted by molar-refractivity contribution is 5.98. The number of piperazine rings is 1. The smallest absolute Gasteiger partial charge is 0.246 e. The molecule has 2 N–H and O–H groups in total. The summed E-state index contributed by atoms with van der Waals surface area (Å²) in [6, 6.07) is 8.41. The fraction of sp³-hybridized carbons (Fsp3) is 0.333. The maximum absolute atomic E-state index is 12.0. The van der Waals surface area contributed by atoms with Crippen LogP contribution in [0.1, 0.15) is 5.56 Å². The van der Waals surface area contributed by atoms with Crippen molar-refractivity contribution in [3.63, 3.8) is 0 Å². The van der Waals surface area contributed by atoms with Crippen LogP contribution < -0.4 is 10.2 Å². The normalized spacial score (nSPS) is 20.1. The van der Waals surface area contributed by atoms with Gasteiger partial charge in [0.1, 0.15) is 6.04 Å². The predicted molar refractivity (Wildman–Crippen MR) is 62.4 cm³/mol. The van der Waals surface area contributed by atoms with Crippen LogP contribution in [-0.2, 0) is 4.79 Å². The molecule has 1 aromatic rings. The van der Waals surface area contributed by atoms with Crippen LogP contribution in [0.2, 0.25) is 0 Å². The molecule has 1 aliphatic rings. The number of hydrogen-bond acceptors (Lipinski definition) is 4. The van der Waals surface area contributed by atoms with Crippen molar-refractivity contribution in [3.05, 3.63) is 29.8 Å². The first-order valence-corrected chi connectivity index (χ1v) is 5.42. The number of nitriles is 1. The van der Waals surface area contributed by atoms with Gasteiger partial charge in [0.2, 0.25) is 5.91 Å². The quantitative estimate of drug-likeness (QED) is 0.742. The molecule has 1 heterocycles. The lowest BCUT2D eigenvalue weighted by Crippen LogP contribution is -2.56. The Balaban J connectivity index is 2.26. The van der Waals surface area contributed by atoms with Crippen molar-refractivity contribution in [2.75, 3.05) is 24.6 Å². The molecule has 5 nitrogen and oxygen atoms in total. The average molecular weight is 231 g/mol. The number of aliphatic hydroxyl groups excluding tert-OH is 1. The van der Waals surface area contributed by atoms with E-state index in [1.54, 1.807) is 29.2 Å². The fourth-order valence-electron chi connectivity index (χ4n) is 1.88. The third-order valence-corrected chi connectivity index (χ3v) is 2.76. The van der Waals surface area contributed by atoms with Crippen LogP contribution in [0.3, 0.4) is 0 Å². The van der Waals surface area contributed by atoms with E-state index in [9.17, 15) is 4.79 Å². The largest absolute Gasteiger partial charge is 0.394 e. The minimum absolute atomic E-state index is 0.158. The number of amides is 1. The van der Waals surface area contributed by atoms with Crippen LogP contribution in [0.25, 0.3) is 0 Å². The highest BCUT2D eigenvalue weighted by atomic mass is 16.3. The molecule has 0 spiro atoms. The lowest BCUT2D eigenvalue weighted by Gasteiger charge is -2.32. The maximum atomic E-state index is 12.0. The molecule has 0 saturated carbocycles. The SMILES string of the molecule is N#Cc1cccc(N2CCNC(CO)C2=O)c1. The molecule has 1 aliphatic heterocycles.